The van der Waals surface area contributed by atoms with E-state index in [9.17, 15) is 0 Å². The minimum absolute atomic E-state index is 0.212. The Morgan fingerprint density at radius 2 is 1.44 bits per heavy atom. The largest absolute Gasteiger partial charge is 0.394 e. The van der Waals surface area contributed by atoms with E-state index in [1.54, 1.807) is 0 Å². The highest BCUT2D eigenvalue weighted by Gasteiger charge is 2.49. The molecule has 0 fully saturated rings. The molecule has 0 aromatic heterocycles. The van der Waals surface area contributed by atoms with Crippen LogP contribution >= 0.6 is 0 Å². The molecule has 16 heavy (non-hydrogen) atoms. The van der Waals surface area contributed by atoms with Crippen LogP contribution in [-0.4, -0.2) is 21.8 Å². The Kier molecular flexibility index (Phi) is 7.52. The molecule has 0 aromatic rings. The minimum atomic E-state index is -2.03. The summed E-state index contributed by atoms with van der Waals surface area (Å²) in [5, 5.41) is 0.212. The van der Waals surface area contributed by atoms with Crippen LogP contribution in [0.1, 0.15) is 60.8 Å². The third-order valence-electron chi connectivity index (χ3n) is 3.41. The summed E-state index contributed by atoms with van der Waals surface area (Å²) in [5.74, 6) is 0. The maximum Gasteiger partial charge on any atom is 0.343 e. The van der Waals surface area contributed by atoms with Crippen LogP contribution in [0.25, 0.3) is 0 Å². The fourth-order valence-electron chi connectivity index (χ4n) is 2.39. The molecule has 0 amide bonds. The standard InChI is InChI=1S/C13H30O2Si/c1-7-11-12-13(5,6)16(10-4,14-8-2)15-9-3/h7-12H2,1-6H3. The van der Waals surface area contributed by atoms with Crippen molar-refractivity contribution in [3.05, 3.63) is 0 Å². The van der Waals surface area contributed by atoms with Gasteiger partial charge in [-0.25, -0.2) is 0 Å². The van der Waals surface area contributed by atoms with Crippen molar-refractivity contribution in [2.75, 3.05) is 13.2 Å². The molecule has 0 spiro atoms. The summed E-state index contributed by atoms with van der Waals surface area (Å²) in [7, 11) is -2.03. The SMILES string of the molecule is CCCCC(C)(C)[Si](CC)(OCC)OCC. The lowest BCUT2D eigenvalue weighted by Crippen LogP contribution is -2.51. The second-order valence-corrected chi connectivity index (χ2v) is 9.10. The van der Waals surface area contributed by atoms with Gasteiger partial charge in [-0.05, 0) is 26.3 Å². The summed E-state index contributed by atoms with van der Waals surface area (Å²) in [6, 6.07) is 1.05. The summed E-state index contributed by atoms with van der Waals surface area (Å²) in [4.78, 5) is 0. The van der Waals surface area contributed by atoms with E-state index < -0.39 is 8.56 Å². The molecule has 0 N–H and O–H groups in total. The Morgan fingerprint density at radius 3 is 1.75 bits per heavy atom. The van der Waals surface area contributed by atoms with E-state index in [0.29, 0.717) is 0 Å². The lowest BCUT2D eigenvalue weighted by Gasteiger charge is -2.42. The molecule has 0 aliphatic rings. The Balaban J connectivity index is 4.80. The molecule has 0 saturated heterocycles. The van der Waals surface area contributed by atoms with Gasteiger partial charge in [0.2, 0.25) is 0 Å². The minimum Gasteiger partial charge on any atom is -0.394 e. The van der Waals surface area contributed by atoms with Crippen LogP contribution in [0.3, 0.4) is 0 Å². The molecular weight excluding hydrogens is 216 g/mol. The van der Waals surface area contributed by atoms with Gasteiger partial charge in [-0.1, -0.05) is 40.5 Å². The van der Waals surface area contributed by atoms with Crippen LogP contribution < -0.4 is 0 Å². The van der Waals surface area contributed by atoms with Crippen molar-refractivity contribution in [2.24, 2.45) is 0 Å². The number of hydrogen-bond acceptors (Lipinski definition) is 2. The third-order valence-corrected chi connectivity index (χ3v) is 8.16. The zero-order chi connectivity index (χ0) is 12.7. The van der Waals surface area contributed by atoms with Crippen molar-refractivity contribution >= 4 is 8.56 Å². The number of hydrogen-bond donors (Lipinski definition) is 0. The van der Waals surface area contributed by atoms with Gasteiger partial charge < -0.3 is 8.85 Å². The van der Waals surface area contributed by atoms with Gasteiger partial charge in [0.05, 0.1) is 0 Å². The highest BCUT2D eigenvalue weighted by Crippen LogP contribution is 2.45. The fourth-order valence-corrected chi connectivity index (χ4v) is 6.11. The predicted molar refractivity (Wildman–Crippen MR) is 73.1 cm³/mol. The molecule has 0 bridgehead atoms. The topological polar surface area (TPSA) is 18.5 Å². The van der Waals surface area contributed by atoms with Crippen molar-refractivity contribution in [3.63, 3.8) is 0 Å². The van der Waals surface area contributed by atoms with E-state index >= 15 is 0 Å². The van der Waals surface area contributed by atoms with Crippen LogP contribution in [0.2, 0.25) is 11.1 Å². The molecule has 0 aromatic carbocycles. The van der Waals surface area contributed by atoms with Gasteiger partial charge in [0.1, 0.15) is 0 Å². The molecule has 0 radical (unpaired) electrons. The first kappa shape index (κ1) is 16.1. The van der Waals surface area contributed by atoms with E-state index in [4.69, 9.17) is 8.85 Å². The summed E-state index contributed by atoms with van der Waals surface area (Å²) in [6.07, 6.45) is 3.72. The first-order chi connectivity index (χ1) is 7.49. The van der Waals surface area contributed by atoms with Crippen molar-refractivity contribution < 1.29 is 8.85 Å². The summed E-state index contributed by atoms with van der Waals surface area (Å²) in [6.45, 7) is 14.8. The Bertz CT molecular complexity index is 175. The molecule has 0 saturated carbocycles. The highest BCUT2D eigenvalue weighted by molar-refractivity contribution is 6.70. The summed E-state index contributed by atoms with van der Waals surface area (Å²) < 4.78 is 12.2. The van der Waals surface area contributed by atoms with Crippen molar-refractivity contribution in [1.82, 2.24) is 0 Å². The lowest BCUT2D eigenvalue weighted by atomic mass is 10.1. The molecular formula is C13H30O2Si. The van der Waals surface area contributed by atoms with E-state index in [-0.39, 0.29) is 5.04 Å². The average Bonchev–Trinajstić information content (AvgIpc) is 2.25. The molecule has 0 unspecified atom stereocenters. The molecule has 0 heterocycles. The van der Waals surface area contributed by atoms with Crippen molar-refractivity contribution in [1.29, 1.82) is 0 Å². The predicted octanol–water partition coefficient (Wildman–Crippen LogP) is 4.49. The molecule has 98 valence electrons. The van der Waals surface area contributed by atoms with Gasteiger partial charge in [-0.2, -0.15) is 0 Å². The third kappa shape index (κ3) is 3.86. The molecule has 2 nitrogen and oxygen atoms in total. The van der Waals surface area contributed by atoms with Crippen LogP contribution in [0.4, 0.5) is 0 Å². The summed E-state index contributed by atoms with van der Waals surface area (Å²) >= 11 is 0. The second-order valence-electron chi connectivity index (χ2n) is 4.96. The summed E-state index contributed by atoms with van der Waals surface area (Å²) in [5.41, 5.74) is 0. The Labute approximate surface area is 103 Å². The van der Waals surface area contributed by atoms with Gasteiger partial charge in [-0.3, -0.25) is 0 Å². The fraction of sp³-hybridized carbons (Fsp3) is 1.00. The molecule has 0 aliphatic heterocycles. The maximum absolute atomic E-state index is 6.10. The number of unbranched alkanes of at least 4 members (excludes halogenated alkanes) is 1. The number of rotatable bonds is 9. The van der Waals surface area contributed by atoms with Gasteiger partial charge in [-0.15, -0.1) is 0 Å². The molecule has 0 aliphatic carbocycles. The van der Waals surface area contributed by atoms with E-state index in [0.717, 1.165) is 19.3 Å². The smallest absolute Gasteiger partial charge is 0.343 e. The normalized spacial score (nSPS) is 13.1. The molecule has 0 rings (SSSR count). The zero-order valence-electron chi connectivity index (χ0n) is 12.1. The average molecular weight is 246 g/mol. The Morgan fingerprint density at radius 1 is 0.938 bits per heavy atom. The van der Waals surface area contributed by atoms with Crippen LogP contribution in [-0.2, 0) is 8.85 Å². The van der Waals surface area contributed by atoms with E-state index in [1.807, 2.05) is 0 Å². The van der Waals surface area contributed by atoms with Gasteiger partial charge in [0.25, 0.3) is 0 Å². The quantitative estimate of drug-likeness (QED) is 0.558. The highest BCUT2D eigenvalue weighted by atomic mass is 28.4. The zero-order valence-corrected chi connectivity index (χ0v) is 13.1. The van der Waals surface area contributed by atoms with Crippen molar-refractivity contribution in [3.8, 4) is 0 Å². The van der Waals surface area contributed by atoms with Crippen LogP contribution in [0.15, 0.2) is 0 Å². The Hall–Kier alpha value is 0.137. The van der Waals surface area contributed by atoms with Gasteiger partial charge in [0.15, 0.2) is 0 Å². The second kappa shape index (κ2) is 7.46. The van der Waals surface area contributed by atoms with E-state index in [1.165, 1.54) is 19.3 Å². The van der Waals surface area contributed by atoms with Gasteiger partial charge >= 0.3 is 8.56 Å². The van der Waals surface area contributed by atoms with Crippen LogP contribution in [0, 0.1) is 0 Å². The monoisotopic (exact) mass is 246 g/mol. The van der Waals surface area contributed by atoms with Crippen LogP contribution in [0.5, 0.6) is 0 Å². The van der Waals surface area contributed by atoms with Gasteiger partial charge in [0, 0.05) is 18.3 Å². The first-order valence-corrected chi connectivity index (χ1v) is 8.79. The lowest BCUT2D eigenvalue weighted by molar-refractivity contribution is 0.155. The molecule has 3 heteroatoms. The van der Waals surface area contributed by atoms with E-state index in [2.05, 4.69) is 41.5 Å². The van der Waals surface area contributed by atoms with Crippen molar-refractivity contribution in [2.45, 2.75) is 71.9 Å². The maximum atomic E-state index is 6.10. The first-order valence-electron chi connectivity index (χ1n) is 6.77. The molecule has 0 atom stereocenters.